The Bertz CT molecular complexity index is 157. The molecule has 66 valence electrons. The summed E-state index contributed by atoms with van der Waals surface area (Å²) in [5.74, 6) is 0. The molecule has 5 heteroatoms. The maximum absolute atomic E-state index is 9.34. The number of hydrogen-bond donors (Lipinski definition) is 1. The summed E-state index contributed by atoms with van der Waals surface area (Å²) in [6.45, 7) is 0. The van der Waals surface area contributed by atoms with Gasteiger partial charge in [0.25, 0.3) is 0 Å². The van der Waals surface area contributed by atoms with E-state index in [-0.39, 0.29) is 0 Å². The molecule has 0 aromatic carbocycles. The molecule has 1 saturated carbocycles. The highest BCUT2D eigenvalue weighted by Gasteiger charge is 2.54. The molecule has 1 unspecified atom stereocenters. The second-order valence-corrected chi connectivity index (χ2v) is 5.61. The van der Waals surface area contributed by atoms with E-state index in [0.29, 0.717) is 12.8 Å². The van der Waals surface area contributed by atoms with E-state index in [1.54, 1.807) is 0 Å². The van der Waals surface area contributed by atoms with E-state index < -0.39 is 14.8 Å². The summed E-state index contributed by atoms with van der Waals surface area (Å²) in [6, 6.07) is 0. The van der Waals surface area contributed by atoms with Crippen molar-refractivity contribution in [1.82, 2.24) is 0 Å². The van der Waals surface area contributed by atoms with Crippen LogP contribution in [0, 0.1) is 0 Å². The summed E-state index contributed by atoms with van der Waals surface area (Å²) in [4.78, 5) is 0. The minimum absolute atomic E-state index is 0.514. The molecule has 1 N–H and O–H groups in total. The highest BCUT2D eigenvalue weighted by Crippen LogP contribution is 2.51. The van der Waals surface area contributed by atoms with Crippen molar-refractivity contribution in [1.29, 1.82) is 0 Å². The molecule has 11 heavy (non-hydrogen) atoms. The van der Waals surface area contributed by atoms with Crippen LogP contribution in [-0.2, 0) is 0 Å². The van der Waals surface area contributed by atoms with Gasteiger partial charge in [0.05, 0.1) is 6.10 Å². The van der Waals surface area contributed by atoms with Gasteiger partial charge in [-0.1, -0.05) is 46.4 Å². The van der Waals surface area contributed by atoms with Gasteiger partial charge in [0.15, 0.2) is 8.67 Å². The lowest BCUT2D eigenvalue weighted by molar-refractivity contribution is 0.115. The molecule has 0 aromatic rings. The van der Waals surface area contributed by atoms with Crippen LogP contribution >= 0.6 is 46.4 Å². The molecule has 0 heterocycles. The molecule has 1 nitrogen and oxygen atoms in total. The zero-order chi connectivity index (χ0) is 8.70. The standard InChI is InChI=1S/C6H8Cl4O/c7-5(8)3-1-2-4(11)6(5,9)10/h4,11H,1-3H2. The molecule has 0 aromatic heterocycles. The van der Waals surface area contributed by atoms with Gasteiger partial charge in [0, 0.05) is 0 Å². The van der Waals surface area contributed by atoms with Crippen LogP contribution in [0.2, 0.25) is 0 Å². The van der Waals surface area contributed by atoms with Crippen LogP contribution in [0.1, 0.15) is 19.3 Å². The number of alkyl halides is 4. The Morgan fingerprint density at radius 2 is 1.73 bits per heavy atom. The van der Waals surface area contributed by atoms with Crippen LogP contribution in [-0.4, -0.2) is 19.9 Å². The zero-order valence-corrected chi connectivity index (χ0v) is 8.68. The number of aliphatic hydroxyl groups excluding tert-OH is 1. The Kier molecular flexibility index (Phi) is 2.89. The molecule has 0 radical (unpaired) electrons. The number of halogens is 4. The molecule has 1 fully saturated rings. The Morgan fingerprint density at radius 3 is 2.09 bits per heavy atom. The summed E-state index contributed by atoms with van der Waals surface area (Å²) in [5.41, 5.74) is 0. The molecule has 1 aliphatic carbocycles. The van der Waals surface area contributed by atoms with Gasteiger partial charge >= 0.3 is 0 Å². The van der Waals surface area contributed by atoms with Crippen molar-refractivity contribution in [2.45, 2.75) is 34.0 Å². The molecule has 1 atom stereocenters. The zero-order valence-electron chi connectivity index (χ0n) is 5.66. The van der Waals surface area contributed by atoms with Crippen molar-refractivity contribution in [2.75, 3.05) is 0 Å². The molecule has 0 aliphatic heterocycles. The molecular weight excluding hydrogens is 230 g/mol. The van der Waals surface area contributed by atoms with Gasteiger partial charge in [-0.25, -0.2) is 0 Å². The first-order valence-electron chi connectivity index (χ1n) is 3.31. The molecule has 0 bridgehead atoms. The molecular formula is C6H8Cl4O. The molecule has 1 rings (SSSR count). The number of rotatable bonds is 0. The van der Waals surface area contributed by atoms with Gasteiger partial charge in [-0.15, -0.1) is 0 Å². The second kappa shape index (κ2) is 3.12. The average Bonchev–Trinajstić information content (AvgIpc) is 1.84. The minimum Gasteiger partial charge on any atom is -0.390 e. The Hall–Kier alpha value is 1.12. The summed E-state index contributed by atoms with van der Waals surface area (Å²) in [6.07, 6.45) is 0.971. The normalized spacial score (nSPS) is 35.2. The third kappa shape index (κ3) is 1.73. The van der Waals surface area contributed by atoms with Crippen LogP contribution < -0.4 is 0 Å². The minimum atomic E-state index is -1.44. The maximum atomic E-state index is 9.34. The van der Waals surface area contributed by atoms with E-state index in [9.17, 15) is 5.11 Å². The fourth-order valence-electron chi connectivity index (χ4n) is 1.11. The fourth-order valence-corrected chi connectivity index (χ4v) is 2.04. The van der Waals surface area contributed by atoms with E-state index in [2.05, 4.69) is 0 Å². The molecule has 0 saturated heterocycles. The van der Waals surface area contributed by atoms with Crippen molar-refractivity contribution >= 4 is 46.4 Å². The van der Waals surface area contributed by atoms with E-state index in [4.69, 9.17) is 46.4 Å². The van der Waals surface area contributed by atoms with Crippen molar-refractivity contribution in [3.63, 3.8) is 0 Å². The average molecular weight is 238 g/mol. The summed E-state index contributed by atoms with van der Waals surface area (Å²) < 4.78 is -2.66. The molecule has 1 aliphatic rings. The van der Waals surface area contributed by atoms with Gasteiger partial charge in [-0.2, -0.15) is 0 Å². The smallest absolute Gasteiger partial charge is 0.176 e. The van der Waals surface area contributed by atoms with Crippen molar-refractivity contribution < 1.29 is 5.11 Å². The second-order valence-electron chi connectivity index (χ2n) is 2.74. The highest BCUT2D eigenvalue weighted by molar-refractivity contribution is 6.62. The fraction of sp³-hybridized carbons (Fsp3) is 1.00. The Balaban J connectivity index is 2.82. The Labute approximate surface area is 85.6 Å². The predicted molar refractivity (Wildman–Crippen MR) is 48.7 cm³/mol. The predicted octanol–water partition coefficient (Wildman–Crippen LogP) is 2.88. The van der Waals surface area contributed by atoms with Crippen molar-refractivity contribution in [3.8, 4) is 0 Å². The van der Waals surface area contributed by atoms with Crippen molar-refractivity contribution in [2.24, 2.45) is 0 Å². The van der Waals surface area contributed by atoms with E-state index in [0.717, 1.165) is 6.42 Å². The summed E-state index contributed by atoms with van der Waals surface area (Å²) >= 11 is 23.1. The summed E-state index contributed by atoms with van der Waals surface area (Å²) in [5, 5.41) is 9.34. The highest BCUT2D eigenvalue weighted by atomic mass is 35.5. The van der Waals surface area contributed by atoms with Gasteiger partial charge in [0.2, 0.25) is 0 Å². The first-order chi connectivity index (χ1) is 4.88. The van der Waals surface area contributed by atoms with E-state index >= 15 is 0 Å². The first kappa shape index (κ1) is 10.2. The molecule has 0 amide bonds. The lowest BCUT2D eigenvalue weighted by Gasteiger charge is -2.40. The van der Waals surface area contributed by atoms with Gasteiger partial charge < -0.3 is 5.11 Å². The number of aliphatic hydroxyl groups is 1. The monoisotopic (exact) mass is 236 g/mol. The van der Waals surface area contributed by atoms with Gasteiger partial charge in [0.1, 0.15) is 0 Å². The van der Waals surface area contributed by atoms with Crippen LogP contribution in [0.3, 0.4) is 0 Å². The third-order valence-electron chi connectivity index (χ3n) is 1.87. The van der Waals surface area contributed by atoms with E-state index in [1.807, 2.05) is 0 Å². The van der Waals surface area contributed by atoms with Crippen LogP contribution in [0.15, 0.2) is 0 Å². The largest absolute Gasteiger partial charge is 0.390 e. The third-order valence-corrected chi connectivity index (χ3v) is 4.38. The van der Waals surface area contributed by atoms with Crippen LogP contribution in [0.25, 0.3) is 0 Å². The lowest BCUT2D eigenvalue weighted by atomic mass is 9.96. The van der Waals surface area contributed by atoms with Crippen LogP contribution in [0.4, 0.5) is 0 Å². The SMILES string of the molecule is OC1CCCC(Cl)(Cl)C1(Cl)Cl. The van der Waals surface area contributed by atoms with Crippen LogP contribution in [0.5, 0.6) is 0 Å². The van der Waals surface area contributed by atoms with Gasteiger partial charge in [-0.05, 0) is 19.3 Å². The topological polar surface area (TPSA) is 20.2 Å². The Morgan fingerprint density at radius 1 is 1.18 bits per heavy atom. The number of hydrogen-bond acceptors (Lipinski definition) is 1. The van der Waals surface area contributed by atoms with Crippen molar-refractivity contribution in [3.05, 3.63) is 0 Å². The van der Waals surface area contributed by atoms with Gasteiger partial charge in [-0.3, -0.25) is 0 Å². The van der Waals surface area contributed by atoms with E-state index in [1.165, 1.54) is 0 Å². The summed E-state index contributed by atoms with van der Waals surface area (Å²) in [7, 11) is 0. The first-order valence-corrected chi connectivity index (χ1v) is 4.83. The maximum Gasteiger partial charge on any atom is 0.176 e. The molecule has 0 spiro atoms. The quantitative estimate of drug-likeness (QED) is 0.643. The lowest BCUT2D eigenvalue weighted by Crippen LogP contribution is -2.49.